The molecule has 8 rings (SSSR count). The molecule has 0 N–H and O–H groups in total. The minimum absolute atomic E-state index is 0.608. The lowest BCUT2D eigenvalue weighted by molar-refractivity contribution is 1.07. The summed E-state index contributed by atoms with van der Waals surface area (Å²) >= 11 is 0. The number of aromatic nitrogens is 6. The number of benzene rings is 4. The van der Waals surface area contributed by atoms with Gasteiger partial charge >= 0.3 is 0 Å². The molecule has 1 aliphatic carbocycles. The van der Waals surface area contributed by atoms with Crippen LogP contribution in [0.2, 0.25) is 0 Å². The van der Waals surface area contributed by atoms with E-state index in [1.807, 2.05) is 91.0 Å². The van der Waals surface area contributed by atoms with Gasteiger partial charge in [0.25, 0.3) is 0 Å². The molecule has 0 saturated heterocycles. The minimum Gasteiger partial charge on any atom is -0.246 e. The first-order valence-electron chi connectivity index (χ1n) is 14.2. The number of hydrogen-bond acceptors (Lipinski definition) is 6. The Labute approximate surface area is 248 Å². The summed E-state index contributed by atoms with van der Waals surface area (Å²) in [6.45, 7) is 0. The fourth-order valence-electron chi connectivity index (χ4n) is 5.61. The van der Waals surface area contributed by atoms with Gasteiger partial charge in [0.2, 0.25) is 0 Å². The van der Waals surface area contributed by atoms with Gasteiger partial charge in [-0.1, -0.05) is 109 Å². The fourth-order valence-corrected chi connectivity index (χ4v) is 5.61. The van der Waals surface area contributed by atoms with E-state index in [0.29, 0.717) is 17.5 Å². The van der Waals surface area contributed by atoms with Crippen molar-refractivity contribution in [3.05, 3.63) is 145 Å². The first-order valence-corrected chi connectivity index (χ1v) is 14.2. The van der Waals surface area contributed by atoms with Crippen molar-refractivity contribution < 1.29 is 0 Å². The molecule has 202 valence electrons. The van der Waals surface area contributed by atoms with Gasteiger partial charge in [0, 0.05) is 39.8 Å². The molecule has 6 heteroatoms. The van der Waals surface area contributed by atoms with Gasteiger partial charge in [-0.05, 0) is 23.8 Å². The Balaban J connectivity index is 1.20. The number of nitrogens with zero attached hydrogens (tertiary/aromatic N) is 6. The Morgan fingerprint density at radius 2 is 0.977 bits per heavy atom. The molecule has 0 aliphatic heterocycles. The summed E-state index contributed by atoms with van der Waals surface area (Å²) in [6, 6.07) is 42.7. The largest absolute Gasteiger partial charge is 0.246 e. The molecule has 43 heavy (non-hydrogen) atoms. The number of fused-ring (bicyclic) bond motifs is 3. The Morgan fingerprint density at radius 3 is 1.72 bits per heavy atom. The lowest BCUT2D eigenvalue weighted by Gasteiger charge is -2.10. The van der Waals surface area contributed by atoms with Crippen molar-refractivity contribution in [2.45, 2.75) is 6.42 Å². The Morgan fingerprint density at radius 1 is 0.419 bits per heavy atom. The zero-order valence-corrected chi connectivity index (χ0v) is 23.1. The number of rotatable bonds is 5. The zero-order chi connectivity index (χ0) is 28.6. The van der Waals surface area contributed by atoms with Gasteiger partial charge < -0.3 is 0 Å². The minimum atomic E-state index is 0.608. The molecule has 6 nitrogen and oxygen atoms in total. The van der Waals surface area contributed by atoms with Gasteiger partial charge in [-0.3, -0.25) is 0 Å². The van der Waals surface area contributed by atoms with Crippen molar-refractivity contribution in [2.24, 2.45) is 0 Å². The van der Waals surface area contributed by atoms with Gasteiger partial charge in [0.15, 0.2) is 17.5 Å². The molecular weight excluding hydrogens is 528 g/mol. The molecule has 3 aromatic heterocycles. The van der Waals surface area contributed by atoms with Crippen molar-refractivity contribution in [3.8, 4) is 68.1 Å². The molecule has 7 aromatic rings. The highest BCUT2D eigenvalue weighted by Gasteiger charge is 2.24. The van der Waals surface area contributed by atoms with Crippen LogP contribution < -0.4 is 0 Å². The molecule has 0 saturated carbocycles. The van der Waals surface area contributed by atoms with E-state index < -0.39 is 0 Å². The summed E-state index contributed by atoms with van der Waals surface area (Å²) in [6.07, 6.45) is 2.44. The monoisotopic (exact) mass is 552 g/mol. The van der Waals surface area contributed by atoms with Crippen molar-refractivity contribution >= 4 is 0 Å². The normalized spacial score (nSPS) is 11.6. The third-order valence-electron chi connectivity index (χ3n) is 7.69. The first-order chi connectivity index (χ1) is 21.3. The van der Waals surface area contributed by atoms with Crippen LogP contribution in [-0.2, 0) is 6.42 Å². The highest BCUT2D eigenvalue weighted by atomic mass is 15.0. The van der Waals surface area contributed by atoms with Crippen LogP contribution in [0.4, 0.5) is 0 Å². The quantitative estimate of drug-likeness (QED) is 0.216. The number of hydrogen-bond donors (Lipinski definition) is 0. The van der Waals surface area contributed by atoms with Crippen LogP contribution in [0.15, 0.2) is 134 Å². The Kier molecular flexibility index (Phi) is 6.08. The van der Waals surface area contributed by atoms with E-state index in [2.05, 4.69) is 46.4 Å². The third-order valence-corrected chi connectivity index (χ3v) is 7.69. The van der Waals surface area contributed by atoms with Gasteiger partial charge in [-0.15, -0.1) is 0 Å². The third kappa shape index (κ3) is 4.65. The van der Waals surface area contributed by atoms with Crippen LogP contribution in [0.1, 0.15) is 11.1 Å². The van der Waals surface area contributed by atoms with Gasteiger partial charge in [0.05, 0.1) is 22.8 Å². The van der Waals surface area contributed by atoms with E-state index in [9.17, 15) is 0 Å². The second-order valence-electron chi connectivity index (χ2n) is 10.4. The zero-order valence-electron chi connectivity index (χ0n) is 23.1. The van der Waals surface area contributed by atoms with Crippen LogP contribution in [0.25, 0.3) is 68.1 Å². The molecule has 0 atom stereocenters. The molecule has 1 aliphatic rings. The predicted molar refractivity (Wildman–Crippen MR) is 169 cm³/mol. The predicted octanol–water partition coefficient (Wildman–Crippen LogP) is 7.96. The van der Waals surface area contributed by atoms with Crippen LogP contribution >= 0.6 is 0 Å². The lowest BCUT2D eigenvalue weighted by atomic mass is 10.0. The molecule has 0 spiro atoms. The van der Waals surface area contributed by atoms with E-state index in [1.165, 1.54) is 11.1 Å². The highest BCUT2D eigenvalue weighted by Crippen LogP contribution is 2.39. The van der Waals surface area contributed by atoms with Crippen LogP contribution in [0, 0.1) is 0 Å². The maximum absolute atomic E-state index is 5.08. The molecule has 3 heterocycles. The van der Waals surface area contributed by atoms with E-state index in [4.69, 9.17) is 19.9 Å². The smallest absolute Gasteiger partial charge is 0.164 e. The Bertz CT molecular complexity index is 2050. The topological polar surface area (TPSA) is 77.3 Å². The average molecular weight is 553 g/mol. The maximum atomic E-state index is 5.08. The molecule has 0 fully saturated rings. The summed E-state index contributed by atoms with van der Waals surface area (Å²) in [5, 5.41) is 0. The number of pyridine rings is 1. The standard InChI is InChI=1S/C37H24N6/c1-3-11-24(12-4-1)35-41-36(25-13-5-2-6-14-25)43-37(42-35)28-17-9-16-27(21-28)31-19-10-20-32(40-31)34-30-22-26-15-7-8-18-29(26)33(30)38-23-39-34/h1-21,23H,22H2. The summed E-state index contributed by atoms with van der Waals surface area (Å²) in [4.78, 5) is 29.0. The summed E-state index contributed by atoms with van der Waals surface area (Å²) in [5.74, 6) is 1.87. The first kappa shape index (κ1) is 24.9. The molecule has 0 amide bonds. The maximum Gasteiger partial charge on any atom is 0.164 e. The molecule has 0 radical (unpaired) electrons. The second-order valence-corrected chi connectivity index (χ2v) is 10.4. The summed E-state index contributed by atoms with van der Waals surface area (Å²) in [5.41, 5.74) is 10.8. The van der Waals surface area contributed by atoms with Crippen molar-refractivity contribution in [2.75, 3.05) is 0 Å². The van der Waals surface area contributed by atoms with E-state index in [0.717, 1.165) is 57.0 Å². The van der Waals surface area contributed by atoms with Gasteiger partial charge in [-0.25, -0.2) is 29.9 Å². The van der Waals surface area contributed by atoms with Crippen LogP contribution in [0.5, 0.6) is 0 Å². The molecule has 4 aromatic carbocycles. The van der Waals surface area contributed by atoms with Crippen LogP contribution in [-0.4, -0.2) is 29.9 Å². The summed E-state index contributed by atoms with van der Waals surface area (Å²) in [7, 11) is 0. The summed E-state index contributed by atoms with van der Waals surface area (Å²) < 4.78 is 0. The van der Waals surface area contributed by atoms with E-state index in [-0.39, 0.29) is 0 Å². The van der Waals surface area contributed by atoms with E-state index >= 15 is 0 Å². The highest BCUT2D eigenvalue weighted by molar-refractivity contribution is 5.80. The van der Waals surface area contributed by atoms with Crippen molar-refractivity contribution in [1.29, 1.82) is 0 Å². The van der Waals surface area contributed by atoms with Gasteiger partial charge in [-0.2, -0.15) is 0 Å². The average Bonchev–Trinajstić information content (AvgIpc) is 3.48. The van der Waals surface area contributed by atoms with E-state index in [1.54, 1.807) is 6.33 Å². The fraction of sp³-hybridized carbons (Fsp3) is 0.0270. The van der Waals surface area contributed by atoms with Crippen molar-refractivity contribution in [1.82, 2.24) is 29.9 Å². The van der Waals surface area contributed by atoms with Crippen molar-refractivity contribution in [3.63, 3.8) is 0 Å². The molecule has 0 bridgehead atoms. The molecule has 0 unspecified atom stereocenters. The molecular formula is C37H24N6. The Hall–Kier alpha value is -5.88. The lowest BCUT2D eigenvalue weighted by Crippen LogP contribution is -2.00. The van der Waals surface area contributed by atoms with Gasteiger partial charge in [0.1, 0.15) is 6.33 Å². The van der Waals surface area contributed by atoms with Crippen LogP contribution in [0.3, 0.4) is 0 Å². The SMILES string of the molecule is c1ccc(-c2nc(-c3ccccc3)nc(-c3cccc(-c4cccc(-c5ncnc6c5Cc5ccccc5-6)n4)c3)n2)cc1. The second kappa shape index (κ2) is 10.5.